The van der Waals surface area contributed by atoms with Gasteiger partial charge in [0.2, 0.25) is 0 Å². The molecule has 6 heteroatoms. The van der Waals surface area contributed by atoms with Gasteiger partial charge in [-0.15, -0.1) is 0 Å². The van der Waals surface area contributed by atoms with Gasteiger partial charge in [0.1, 0.15) is 0 Å². The topological polar surface area (TPSA) is 58.2 Å². The van der Waals surface area contributed by atoms with E-state index in [9.17, 15) is 9.59 Å². The van der Waals surface area contributed by atoms with E-state index in [4.69, 9.17) is 0 Å². The fourth-order valence-electron chi connectivity index (χ4n) is 3.45. The Bertz CT molecular complexity index is 825. The van der Waals surface area contributed by atoms with E-state index in [1.165, 1.54) is 0 Å². The lowest BCUT2D eigenvalue weighted by molar-refractivity contribution is 0.0862. The minimum atomic E-state index is -0.0750. The van der Waals surface area contributed by atoms with Crippen molar-refractivity contribution in [3.8, 4) is 0 Å². The summed E-state index contributed by atoms with van der Waals surface area (Å²) in [7, 11) is 0. The second-order valence-corrected chi connectivity index (χ2v) is 9.70. The molecule has 28 heavy (non-hydrogen) atoms. The first-order valence-electron chi connectivity index (χ1n) is 9.49. The molecule has 0 radical (unpaired) electrons. The molecule has 0 unspecified atom stereocenters. The van der Waals surface area contributed by atoms with Crippen LogP contribution in [0.2, 0.25) is 0 Å². The zero-order valence-electron chi connectivity index (χ0n) is 16.0. The van der Waals surface area contributed by atoms with E-state index in [0.29, 0.717) is 11.1 Å². The first-order chi connectivity index (χ1) is 13.3. The minimum Gasteiger partial charge on any atom is -0.347 e. The molecular weight excluding hydrogens is 578 g/mol. The Morgan fingerprint density at radius 2 is 1.18 bits per heavy atom. The Hall–Kier alpha value is -1.16. The standard InChI is InChI=1S/C22H24I2N2O2/c1-13-7-9-15(11-17(13)23)21(27)25-19-5-3-4-6-20(19)26-22(28)16-10-8-14(2)18(24)12-16/h7-12,19-20H,3-6H2,1-2H3,(H,25,27)(H,26,28)/t19-,20-/m0/s1. The number of rotatable bonds is 4. The highest BCUT2D eigenvalue weighted by Crippen LogP contribution is 2.21. The fraction of sp³-hybridized carbons (Fsp3) is 0.364. The zero-order chi connectivity index (χ0) is 20.3. The molecule has 2 N–H and O–H groups in total. The van der Waals surface area contributed by atoms with Crippen molar-refractivity contribution >= 4 is 57.0 Å². The molecule has 2 amide bonds. The lowest BCUT2D eigenvalue weighted by atomic mass is 9.89. The third-order valence-electron chi connectivity index (χ3n) is 5.27. The number of hydrogen-bond acceptors (Lipinski definition) is 2. The monoisotopic (exact) mass is 602 g/mol. The molecule has 0 spiro atoms. The van der Waals surface area contributed by atoms with Crippen LogP contribution in [-0.4, -0.2) is 23.9 Å². The Morgan fingerprint density at radius 3 is 1.54 bits per heavy atom. The first kappa shape index (κ1) is 21.5. The zero-order valence-corrected chi connectivity index (χ0v) is 20.3. The third kappa shape index (κ3) is 5.25. The smallest absolute Gasteiger partial charge is 0.251 e. The van der Waals surface area contributed by atoms with Crippen LogP contribution in [0.4, 0.5) is 0 Å². The molecule has 3 rings (SSSR count). The SMILES string of the molecule is Cc1ccc(C(=O)N[C@H]2CCCC[C@@H]2NC(=O)c2ccc(C)c(I)c2)cc1I. The van der Waals surface area contributed by atoms with Crippen molar-refractivity contribution in [1.29, 1.82) is 0 Å². The number of amides is 2. The van der Waals surface area contributed by atoms with E-state index in [-0.39, 0.29) is 23.9 Å². The predicted molar refractivity (Wildman–Crippen MR) is 129 cm³/mol. The summed E-state index contributed by atoms with van der Waals surface area (Å²) >= 11 is 4.50. The third-order valence-corrected chi connectivity index (χ3v) is 7.59. The number of halogens is 2. The van der Waals surface area contributed by atoms with E-state index in [1.54, 1.807) is 0 Å². The first-order valence-corrected chi connectivity index (χ1v) is 11.6. The molecule has 148 valence electrons. The van der Waals surface area contributed by atoms with Crippen LogP contribution in [-0.2, 0) is 0 Å². The van der Waals surface area contributed by atoms with E-state index in [2.05, 4.69) is 55.8 Å². The van der Waals surface area contributed by atoms with Gasteiger partial charge in [-0.25, -0.2) is 0 Å². The van der Waals surface area contributed by atoms with Crippen molar-refractivity contribution in [3.63, 3.8) is 0 Å². The highest BCUT2D eigenvalue weighted by molar-refractivity contribution is 14.1. The number of carbonyl (C=O) groups excluding carboxylic acids is 2. The Morgan fingerprint density at radius 1 is 0.786 bits per heavy atom. The van der Waals surface area contributed by atoms with Crippen LogP contribution >= 0.6 is 45.2 Å². The molecule has 1 saturated carbocycles. The van der Waals surface area contributed by atoms with Crippen LogP contribution in [0.5, 0.6) is 0 Å². The van der Waals surface area contributed by atoms with Gasteiger partial charge in [0.15, 0.2) is 0 Å². The van der Waals surface area contributed by atoms with Gasteiger partial charge in [-0.3, -0.25) is 9.59 Å². The van der Waals surface area contributed by atoms with Gasteiger partial charge in [-0.1, -0.05) is 25.0 Å². The van der Waals surface area contributed by atoms with Crippen molar-refractivity contribution in [2.24, 2.45) is 0 Å². The van der Waals surface area contributed by atoms with Crippen molar-refractivity contribution in [1.82, 2.24) is 10.6 Å². The van der Waals surface area contributed by atoms with E-state index in [1.807, 2.05) is 50.2 Å². The van der Waals surface area contributed by atoms with E-state index >= 15 is 0 Å². The maximum absolute atomic E-state index is 12.7. The largest absolute Gasteiger partial charge is 0.347 e. The second-order valence-electron chi connectivity index (χ2n) is 7.37. The van der Waals surface area contributed by atoms with Gasteiger partial charge in [-0.05, 0) is 107 Å². The molecular formula is C22H24I2N2O2. The number of nitrogens with one attached hydrogen (secondary N) is 2. The molecule has 0 heterocycles. The van der Waals surface area contributed by atoms with E-state index < -0.39 is 0 Å². The fourth-order valence-corrected chi connectivity index (χ4v) is 4.48. The van der Waals surface area contributed by atoms with Crippen LogP contribution in [0.1, 0.15) is 57.5 Å². The summed E-state index contributed by atoms with van der Waals surface area (Å²) in [6, 6.07) is 11.4. The second kappa shape index (κ2) is 9.56. The quantitative estimate of drug-likeness (QED) is 0.486. The van der Waals surface area contributed by atoms with Crippen LogP contribution in [0.25, 0.3) is 0 Å². The van der Waals surface area contributed by atoms with Crippen LogP contribution in [0.3, 0.4) is 0 Å². The van der Waals surface area contributed by atoms with Gasteiger partial charge in [0.05, 0.1) is 0 Å². The average Bonchev–Trinajstić information content (AvgIpc) is 2.67. The van der Waals surface area contributed by atoms with Gasteiger partial charge >= 0.3 is 0 Å². The van der Waals surface area contributed by atoms with E-state index in [0.717, 1.165) is 44.0 Å². The molecule has 1 aliphatic rings. The minimum absolute atomic E-state index is 0.0475. The van der Waals surface area contributed by atoms with Gasteiger partial charge in [0.25, 0.3) is 11.8 Å². The summed E-state index contributed by atoms with van der Waals surface area (Å²) in [6.45, 7) is 4.06. The molecule has 2 aromatic rings. The molecule has 2 atom stereocenters. The highest BCUT2D eigenvalue weighted by atomic mass is 127. The molecule has 0 saturated heterocycles. The van der Waals surface area contributed by atoms with Crippen LogP contribution in [0, 0.1) is 21.0 Å². The van der Waals surface area contributed by atoms with Gasteiger partial charge in [-0.2, -0.15) is 0 Å². The van der Waals surface area contributed by atoms with Crippen molar-refractivity contribution in [2.75, 3.05) is 0 Å². The molecule has 0 aromatic heterocycles. The van der Waals surface area contributed by atoms with Crippen molar-refractivity contribution in [2.45, 2.75) is 51.6 Å². The van der Waals surface area contributed by atoms with Crippen molar-refractivity contribution in [3.05, 3.63) is 65.8 Å². The number of benzene rings is 2. The predicted octanol–water partition coefficient (Wildman–Crippen LogP) is 4.98. The summed E-state index contributed by atoms with van der Waals surface area (Å²) in [5.41, 5.74) is 3.65. The van der Waals surface area contributed by atoms with Gasteiger partial charge in [0, 0.05) is 30.4 Å². The molecule has 4 nitrogen and oxygen atoms in total. The maximum atomic E-state index is 12.7. The molecule has 1 fully saturated rings. The lowest BCUT2D eigenvalue weighted by Gasteiger charge is -2.33. The molecule has 0 bridgehead atoms. The molecule has 2 aromatic carbocycles. The summed E-state index contributed by atoms with van der Waals surface area (Å²) < 4.78 is 2.15. The highest BCUT2D eigenvalue weighted by Gasteiger charge is 2.28. The summed E-state index contributed by atoms with van der Waals surface area (Å²) in [5, 5.41) is 6.30. The lowest BCUT2D eigenvalue weighted by Crippen LogP contribution is -2.53. The van der Waals surface area contributed by atoms with Gasteiger partial charge < -0.3 is 10.6 Å². The molecule has 1 aliphatic carbocycles. The van der Waals surface area contributed by atoms with Crippen LogP contribution in [0.15, 0.2) is 36.4 Å². The number of hydrogen-bond donors (Lipinski definition) is 2. The Labute approximate surface area is 193 Å². The Balaban J connectivity index is 1.69. The normalized spacial score (nSPS) is 19.1. The van der Waals surface area contributed by atoms with Crippen molar-refractivity contribution < 1.29 is 9.59 Å². The summed E-state index contributed by atoms with van der Waals surface area (Å²) in [6.07, 6.45) is 3.88. The number of aryl methyl sites for hydroxylation is 2. The average molecular weight is 602 g/mol. The maximum Gasteiger partial charge on any atom is 0.251 e. The number of carbonyl (C=O) groups is 2. The Kier molecular flexibility index (Phi) is 7.36. The summed E-state index contributed by atoms with van der Waals surface area (Å²) in [5.74, 6) is -0.150. The van der Waals surface area contributed by atoms with Crippen LogP contribution < -0.4 is 10.6 Å². The summed E-state index contributed by atoms with van der Waals surface area (Å²) in [4.78, 5) is 25.5. The molecule has 0 aliphatic heterocycles.